The summed E-state index contributed by atoms with van der Waals surface area (Å²) in [4.78, 5) is 0. The third-order valence-corrected chi connectivity index (χ3v) is 3.17. The summed E-state index contributed by atoms with van der Waals surface area (Å²) in [6.45, 7) is 3.10. The highest BCUT2D eigenvalue weighted by atomic mass is 16.7. The molecule has 94 valence electrons. The summed E-state index contributed by atoms with van der Waals surface area (Å²) in [6, 6.07) is 0.235. The van der Waals surface area contributed by atoms with Gasteiger partial charge in [-0.3, -0.25) is 0 Å². The Labute approximate surface area is 99.2 Å². The molecule has 3 heteroatoms. The summed E-state index contributed by atoms with van der Waals surface area (Å²) in [6.07, 6.45) is 8.69. The molecule has 1 aliphatic carbocycles. The van der Waals surface area contributed by atoms with Crippen LogP contribution >= 0.6 is 0 Å². The number of hydrogen-bond acceptors (Lipinski definition) is 3. The molecule has 0 bridgehead atoms. The molecule has 1 aliphatic rings. The van der Waals surface area contributed by atoms with Gasteiger partial charge in [0, 0.05) is 14.2 Å². The van der Waals surface area contributed by atoms with Crippen LogP contribution in [0.5, 0.6) is 0 Å². The lowest BCUT2D eigenvalue weighted by Gasteiger charge is -2.22. The van der Waals surface area contributed by atoms with Crippen molar-refractivity contribution in [3.8, 4) is 0 Å². The largest absolute Gasteiger partial charge is 0.354 e. The Balaban J connectivity index is 2.16. The number of rotatable bonds is 7. The Morgan fingerprint density at radius 3 is 2.62 bits per heavy atom. The third kappa shape index (κ3) is 4.64. The van der Waals surface area contributed by atoms with Crippen molar-refractivity contribution in [3.05, 3.63) is 11.6 Å². The van der Waals surface area contributed by atoms with Gasteiger partial charge in [-0.05, 0) is 45.6 Å². The first kappa shape index (κ1) is 13.7. The standard InChI is InChI=1S/C13H25NO2/c1-11(13(15-2)16-3)14-10-9-12-7-5-4-6-8-12/h7,11,13-14H,4-6,8-10H2,1-3H3. The lowest BCUT2D eigenvalue weighted by atomic mass is 9.97. The van der Waals surface area contributed by atoms with E-state index in [-0.39, 0.29) is 12.3 Å². The molecule has 0 saturated carbocycles. The van der Waals surface area contributed by atoms with Gasteiger partial charge in [0.15, 0.2) is 6.29 Å². The van der Waals surface area contributed by atoms with Crippen LogP contribution in [0.4, 0.5) is 0 Å². The van der Waals surface area contributed by atoms with E-state index < -0.39 is 0 Å². The second-order valence-corrected chi connectivity index (χ2v) is 4.44. The van der Waals surface area contributed by atoms with Crippen LogP contribution in [0.1, 0.15) is 39.0 Å². The predicted molar refractivity (Wildman–Crippen MR) is 66.4 cm³/mol. The highest BCUT2D eigenvalue weighted by Crippen LogP contribution is 2.19. The van der Waals surface area contributed by atoms with Gasteiger partial charge in [0.2, 0.25) is 0 Å². The smallest absolute Gasteiger partial charge is 0.171 e. The molecule has 0 aromatic rings. The van der Waals surface area contributed by atoms with Crippen molar-refractivity contribution >= 4 is 0 Å². The fraction of sp³-hybridized carbons (Fsp3) is 0.846. The molecule has 0 aromatic carbocycles. The van der Waals surface area contributed by atoms with E-state index in [1.54, 1.807) is 19.8 Å². The summed E-state index contributed by atoms with van der Waals surface area (Å²) in [5.41, 5.74) is 1.61. The van der Waals surface area contributed by atoms with E-state index in [4.69, 9.17) is 9.47 Å². The molecule has 16 heavy (non-hydrogen) atoms. The molecule has 0 heterocycles. The first-order valence-corrected chi connectivity index (χ1v) is 6.24. The lowest BCUT2D eigenvalue weighted by molar-refractivity contribution is -0.119. The van der Waals surface area contributed by atoms with E-state index in [1.165, 1.54) is 25.7 Å². The first-order valence-electron chi connectivity index (χ1n) is 6.24. The summed E-state index contributed by atoms with van der Waals surface area (Å²) in [7, 11) is 3.35. The van der Waals surface area contributed by atoms with Crippen LogP contribution in [0.15, 0.2) is 11.6 Å². The zero-order valence-corrected chi connectivity index (χ0v) is 10.8. The minimum Gasteiger partial charge on any atom is -0.354 e. The van der Waals surface area contributed by atoms with E-state index in [9.17, 15) is 0 Å². The van der Waals surface area contributed by atoms with E-state index >= 15 is 0 Å². The molecule has 0 amide bonds. The Hall–Kier alpha value is -0.380. The molecule has 0 spiro atoms. The molecule has 1 N–H and O–H groups in total. The number of ether oxygens (including phenoxy) is 2. The van der Waals surface area contributed by atoms with Crippen molar-refractivity contribution in [2.75, 3.05) is 20.8 Å². The van der Waals surface area contributed by atoms with Gasteiger partial charge in [-0.1, -0.05) is 11.6 Å². The fourth-order valence-electron chi connectivity index (χ4n) is 2.19. The number of allylic oxidation sites excluding steroid dienone is 1. The maximum Gasteiger partial charge on any atom is 0.171 e. The van der Waals surface area contributed by atoms with Gasteiger partial charge < -0.3 is 14.8 Å². The maximum atomic E-state index is 5.20. The van der Waals surface area contributed by atoms with Crippen molar-refractivity contribution in [2.45, 2.75) is 51.4 Å². The van der Waals surface area contributed by atoms with E-state index in [0.29, 0.717) is 0 Å². The zero-order chi connectivity index (χ0) is 11.8. The Bertz CT molecular complexity index is 212. The molecule has 0 radical (unpaired) electrons. The molecular formula is C13H25NO2. The van der Waals surface area contributed by atoms with Gasteiger partial charge in [-0.2, -0.15) is 0 Å². The van der Waals surface area contributed by atoms with Crippen LogP contribution in [0.2, 0.25) is 0 Å². The van der Waals surface area contributed by atoms with Gasteiger partial charge in [-0.15, -0.1) is 0 Å². The molecule has 0 aromatic heterocycles. The molecule has 0 aliphatic heterocycles. The second-order valence-electron chi connectivity index (χ2n) is 4.44. The lowest BCUT2D eigenvalue weighted by Crippen LogP contribution is -2.40. The van der Waals surface area contributed by atoms with E-state index in [1.807, 2.05) is 0 Å². The predicted octanol–water partition coefficient (Wildman–Crippen LogP) is 2.47. The SMILES string of the molecule is COC(OC)C(C)NCCC1=CCCCC1. The monoisotopic (exact) mass is 227 g/mol. The zero-order valence-electron chi connectivity index (χ0n) is 10.8. The minimum atomic E-state index is -0.152. The molecule has 0 saturated heterocycles. The molecular weight excluding hydrogens is 202 g/mol. The summed E-state index contributed by atoms with van der Waals surface area (Å²) in [5, 5.41) is 3.44. The van der Waals surface area contributed by atoms with E-state index in [0.717, 1.165) is 13.0 Å². The van der Waals surface area contributed by atoms with Crippen molar-refractivity contribution in [3.63, 3.8) is 0 Å². The normalized spacial score (nSPS) is 18.6. The quantitative estimate of drug-likeness (QED) is 0.535. The maximum absolute atomic E-state index is 5.20. The van der Waals surface area contributed by atoms with Crippen molar-refractivity contribution in [1.82, 2.24) is 5.32 Å². The van der Waals surface area contributed by atoms with Gasteiger partial charge in [0.25, 0.3) is 0 Å². The highest BCUT2D eigenvalue weighted by Gasteiger charge is 2.14. The Kier molecular flexibility index (Phi) is 6.69. The van der Waals surface area contributed by atoms with Crippen molar-refractivity contribution in [2.24, 2.45) is 0 Å². The summed E-state index contributed by atoms with van der Waals surface area (Å²) < 4.78 is 10.4. The average molecular weight is 227 g/mol. The third-order valence-electron chi connectivity index (χ3n) is 3.17. The van der Waals surface area contributed by atoms with Crippen LogP contribution < -0.4 is 5.32 Å². The van der Waals surface area contributed by atoms with E-state index in [2.05, 4.69) is 18.3 Å². The molecule has 3 nitrogen and oxygen atoms in total. The topological polar surface area (TPSA) is 30.5 Å². The Morgan fingerprint density at radius 2 is 2.06 bits per heavy atom. The van der Waals surface area contributed by atoms with Crippen molar-refractivity contribution < 1.29 is 9.47 Å². The first-order chi connectivity index (χ1) is 7.77. The van der Waals surface area contributed by atoms with Gasteiger partial charge in [0.1, 0.15) is 0 Å². The summed E-state index contributed by atoms with van der Waals surface area (Å²) >= 11 is 0. The van der Waals surface area contributed by atoms with Gasteiger partial charge >= 0.3 is 0 Å². The van der Waals surface area contributed by atoms with Crippen LogP contribution in [0.25, 0.3) is 0 Å². The van der Waals surface area contributed by atoms with Crippen LogP contribution in [0, 0.1) is 0 Å². The van der Waals surface area contributed by atoms with Gasteiger partial charge in [-0.25, -0.2) is 0 Å². The molecule has 1 unspecified atom stereocenters. The highest BCUT2D eigenvalue weighted by molar-refractivity contribution is 5.05. The van der Waals surface area contributed by atoms with Crippen molar-refractivity contribution in [1.29, 1.82) is 0 Å². The molecule has 1 rings (SSSR count). The fourth-order valence-corrected chi connectivity index (χ4v) is 2.19. The summed E-state index contributed by atoms with van der Waals surface area (Å²) in [5.74, 6) is 0. The van der Waals surface area contributed by atoms with Gasteiger partial charge in [0.05, 0.1) is 6.04 Å². The number of methoxy groups -OCH3 is 2. The number of hydrogen-bond donors (Lipinski definition) is 1. The van der Waals surface area contributed by atoms with Crippen LogP contribution in [-0.4, -0.2) is 33.1 Å². The number of nitrogens with one attached hydrogen (secondary N) is 1. The average Bonchev–Trinajstić information content (AvgIpc) is 2.32. The molecule has 1 atom stereocenters. The Morgan fingerprint density at radius 1 is 1.31 bits per heavy atom. The second kappa shape index (κ2) is 7.82. The minimum absolute atomic E-state index is 0.152. The molecule has 0 fully saturated rings. The van der Waals surface area contributed by atoms with Crippen LogP contribution in [-0.2, 0) is 9.47 Å². The van der Waals surface area contributed by atoms with Crippen LogP contribution in [0.3, 0.4) is 0 Å².